The van der Waals surface area contributed by atoms with Crippen molar-refractivity contribution in [2.45, 2.75) is 13.5 Å². The number of hydrogen-bond donors (Lipinski definition) is 0. The molecule has 0 fully saturated rings. The minimum Gasteiger partial charge on any atom is -0.328 e. The van der Waals surface area contributed by atoms with E-state index in [0.717, 1.165) is 14.6 Å². The highest BCUT2D eigenvalue weighted by Gasteiger charge is 2.17. The van der Waals surface area contributed by atoms with E-state index in [9.17, 15) is 4.79 Å². The van der Waals surface area contributed by atoms with Crippen molar-refractivity contribution in [1.29, 1.82) is 0 Å². The summed E-state index contributed by atoms with van der Waals surface area (Å²) in [4.78, 5) is 16.5. The molecule has 2 rings (SSSR count). The molecule has 88 valence electrons. The van der Waals surface area contributed by atoms with Crippen molar-refractivity contribution in [2.75, 3.05) is 0 Å². The van der Waals surface area contributed by atoms with Crippen LogP contribution in [-0.4, -0.2) is 15.3 Å². The van der Waals surface area contributed by atoms with Crippen LogP contribution in [-0.2, 0) is 6.54 Å². The molecule has 3 nitrogen and oxygen atoms in total. The zero-order valence-electron chi connectivity index (χ0n) is 9.15. The lowest BCUT2D eigenvalue weighted by atomic mass is 10.1. The molecular weight excluding hydrogens is 395 g/mol. The molecule has 0 amide bonds. The Morgan fingerprint density at radius 3 is 3.00 bits per heavy atom. The first-order valence-corrected chi connectivity index (χ1v) is 7.01. The van der Waals surface area contributed by atoms with Gasteiger partial charge in [0.2, 0.25) is 5.78 Å². The number of imidazole rings is 1. The van der Waals surface area contributed by atoms with Crippen LogP contribution in [0.1, 0.15) is 23.1 Å². The van der Waals surface area contributed by atoms with Crippen LogP contribution in [0, 0.1) is 3.57 Å². The number of aryl methyl sites for hydroxylation is 1. The largest absolute Gasteiger partial charge is 0.328 e. The molecule has 0 spiro atoms. The molecule has 0 aliphatic carbocycles. The van der Waals surface area contributed by atoms with Crippen LogP contribution in [0.2, 0.25) is 0 Å². The Morgan fingerprint density at radius 1 is 1.53 bits per heavy atom. The number of rotatable bonds is 3. The number of nitrogens with zero attached hydrogens (tertiary/aromatic N) is 2. The van der Waals surface area contributed by atoms with Gasteiger partial charge in [-0.1, -0.05) is 15.9 Å². The van der Waals surface area contributed by atoms with E-state index in [2.05, 4.69) is 43.5 Å². The molecule has 0 bridgehead atoms. The molecule has 0 aliphatic heterocycles. The summed E-state index contributed by atoms with van der Waals surface area (Å²) >= 11 is 5.54. The summed E-state index contributed by atoms with van der Waals surface area (Å²) in [5, 5.41) is 0. The highest BCUT2D eigenvalue weighted by Crippen LogP contribution is 2.20. The molecule has 1 aromatic heterocycles. The van der Waals surface area contributed by atoms with E-state index in [-0.39, 0.29) is 5.78 Å². The van der Waals surface area contributed by atoms with Crippen molar-refractivity contribution in [1.82, 2.24) is 9.55 Å². The van der Waals surface area contributed by atoms with Crippen molar-refractivity contribution in [3.05, 3.63) is 50.0 Å². The number of hydrogen-bond acceptors (Lipinski definition) is 2. The van der Waals surface area contributed by atoms with Crippen LogP contribution >= 0.6 is 38.5 Å². The quantitative estimate of drug-likeness (QED) is 0.579. The molecule has 17 heavy (non-hydrogen) atoms. The Balaban J connectivity index is 2.47. The normalized spacial score (nSPS) is 10.5. The highest BCUT2D eigenvalue weighted by atomic mass is 127. The predicted molar refractivity (Wildman–Crippen MR) is 78.2 cm³/mol. The smallest absolute Gasteiger partial charge is 0.229 e. The lowest BCUT2D eigenvalue weighted by Crippen LogP contribution is -2.11. The molecule has 0 aliphatic rings. The second kappa shape index (κ2) is 5.30. The SMILES string of the molecule is CCn1ccnc1C(=O)c1cc(Br)ccc1I. The van der Waals surface area contributed by atoms with Crippen LogP contribution in [0.25, 0.3) is 0 Å². The number of carbonyl (C=O) groups excluding carboxylic acids is 1. The molecule has 0 radical (unpaired) electrons. The first-order chi connectivity index (χ1) is 8.13. The molecule has 5 heteroatoms. The Labute approximate surface area is 122 Å². The fraction of sp³-hybridized carbons (Fsp3) is 0.167. The number of ketones is 1. The maximum Gasteiger partial charge on any atom is 0.229 e. The van der Waals surface area contributed by atoms with E-state index in [1.807, 2.05) is 35.9 Å². The number of aromatic nitrogens is 2. The van der Waals surface area contributed by atoms with Crippen LogP contribution in [0.3, 0.4) is 0 Å². The molecule has 0 saturated carbocycles. The van der Waals surface area contributed by atoms with Crippen LogP contribution in [0.4, 0.5) is 0 Å². The standard InChI is InChI=1S/C12H10BrIN2O/c1-2-16-6-5-15-12(16)11(17)9-7-8(13)3-4-10(9)14/h3-7H,2H2,1H3. The van der Waals surface area contributed by atoms with Gasteiger partial charge in [-0.15, -0.1) is 0 Å². The van der Waals surface area contributed by atoms with Gasteiger partial charge < -0.3 is 4.57 Å². The number of carbonyl (C=O) groups is 1. The van der Waals surface area contributed by atoms with E-state index in [4.69, 9.17) is 0 Å². The molecule has 0 unspecified atom stereocenters. The summed E-state index contributed by atoms with van der Waals surface area (Å²) in [6, 6.07) is 5.67. The molecule has 0 atom stereocenters. The summed E-state index contributed by atoms with van der Waals surface area (Å²) in [5.74, 6) is 0.450. The molecule has 0 saturated heterocycles. The summed E-state index contributed by atoms with van der Waals surface area (Å²) in [7, 11) is 0. The van der Waals surface area contributed by atoms with E-state index in [1.54, 1.807) is 6.20 Å². The third kappa shape index (κ3) is 2.60. The van der Waals surface area contributed by atoms with Gasteiger partial charge >= 0.3 is 0 Å². The van der Waals surface area contributed by atoms with Gasteiger partial charge in [0.05, 0.1) is 0 Å². The van der Waals surface area contributed by atoms with E-state index in [0.29, 0.717) is 11.4 Å². The zero-order valence-corrected chi connectivity index (χ0v) is 12.9. The van der Waals surface area contributed by atoms with Crippen molar-refractivity contribution in [3.8, 4) is 0 Å². The van der Waals surface area contributed by atoms with Crippen molar-refractivity contribution in [3.63, 3.8) is 0 Å². The summed E-state index contributed by atoms with van der Waals surface area (Å²) in [5.41, 5.74) is 0.681. The number of halogens is 2. The van der Waals surface area contributed by atoms with Crippen molar-refractivity contribution < 1.29 is 4.79 Å². The van der Waals surface area contributed by atoms with Gasteiger partial charge in [0.1, 0.15) is 0 Å². The van der Waals surface area contributed by atoms with Gasteiger partial charge in [0, 0.05) is 32.5 Å². The monoisotopic (exact) mass is 404 g/mol. The topological polar surface area (TPSA) is 34.9 Å². The van der Waals surface area contributed by atoms with Gasteiger partial charge in [-0.05, 0) is 47.7 Å². The molecule has 1 aromatic carbocycles. The molecule has 1 heterocycles. The van der Waals surface area contributed by atoms with Gasteiger partial charge in [-0.25, -0.2) is 4.98 Å². The average molecular weight is 405 g/mol. The van der Waals surface area contributed by atoms with Crippen LogP contribution in [0.15, 0.2) is 35.1 Å². The Morgan fingerprint density at radius 2 is 2.29 bits per heavy atom. The fourth-order valence-corrected chi connectivity index (χ4v) is 2.51. The molecule has 2 aromatic rings. The van der Waals surface area contributed by atoms with Crippen molar-refractivity contribution >= 4 is 44.3 Å². The minimum atomic E-state index is -0.0393. The van der Waals surface area contributed by atoms with Gasteiger partial charge in [-0.2, -0.15) is 0 Å². The van der Waals surface area contributed by atoms with E-state index < -0.39 is 0 Å². The molecular formula is C12H10BrIN2O. The Hall–Kier alpha value is -0.690. The fourth-order valence-electron chi connectivity index (χ4n) is 1.57. The second-order valence-electron chi connectivity index (χ2n) is 3.49. The van der Waals surface area contributed by atoms with Gasteiger partial charge in [-0.3, -0.25) is 4.79 Å². The average Bonchev–Trinajstić information content (AvgIpc) is 2.79. The summed E-state index contributed by atoms with van der Waals surface area (Å²) < 4.78 is 3.68. The lowest BCUT2D eigenvalue weighted by Gasteiger charge is -2.06. The predicted octanol–water partition coefficient (Wildman–Crippen LogP) is 3.50. The summed E-state index contributed by atoms with van der Waals surface area (Å²) in [6.07, 6.45) is 3.47. The minimum absolute atomic E-state index is 0.0393. The third-order valence-electron chi connectivity index (χ3n) is 2.43. The maximum absolute atomic E-state index is 12.4. The van der Waals surface area contributed by atoms with Crippen LogP contribution < -0.4 is 0 Å². The lowest BCUT2D eigenvalue weighted by molar-refractivity contribution is 0.102. The van der Waals surface area contributed by atoms with Crippen LogP contribution in [0.5, 0.6) is 0 Å². The molecule has 0 N–H and O–H groups in total. The van der Waals surface area contributed by atoms with Gasteiger partial charge in [0.15, 0.2) is 5.82 Å². The first-order valence-electron chi connectivity index (χ1n) is 5.14. The Bertz CT molecular complexity index is 565. The number of benzene rings is 1. The van der Waals surface area contributed by atoms with E-state index in [1.165, 1.54) is 0 Å². The first kappa shape index (κ1) is 12.8. The Kier molecular flexibility index (Phi) is 3.98. The second-order valence-corrected chi connectivity index (χ2v) is 5.57. The maximum atomic E-state index is 12.4. The van der Waals surface area contributed by atoms with Crippen molar-refractivity contribution in [2.24, 2.45) is 0 Å². The highest BCUT2D eigenvalue weighted by molar-refractivity contribution is 14.1. The zero-order chi connectivity index (χ0) is 12.4. The van der Waals surface area contributed by atoms with E-state index >= 15 is 0 Å². The van der Waals surface area contributed by atoms with Gasteiger partial charge in [0.25, 0.3) is 0 Å². The summed E-state index contributed by atoms with van der Waals surface area (Å²) in [6.45, 7) is 2.73. The third-order valence-corrected chi connectivity index (χ3v) is 3.87.